The van der Waals surface area contributed by atoms with E-state index in [9.17, 15) is 9.59 Å². The molecule has 0 fully saturated rings. The van der Waals surface area contributed by atoms with Gasteiger partial charge in [0.25, 0.3) is 5.91 Å². The molecule has 0 heterocycles. The number of aryl methyl sites for hydroxylation is 2. The van der Waals surface area contributed by atoms with E-state index in [0.717, 1.165) is 23.8 Å². The molecule has 0 bridgehead atoms. The van der Waals surface area contributed by atoms with Gasteiger partial charge in [-0.1, -0.05) is 30.3 Å². The maximum atomic E-state index is 11.9. The number of benzene rings is 2. The minimum atomic E-state index is -0.154. The maximum absolute atomic E-state index is 11.9. The highest BCUT2D eigenvalue weighted by Gasteiger charge is 2.09. The van der Waals surface area contributed by atoms with Crippen molar-refractivity contribution in [2.24, 2.45) is 0 Å². The Hall–Kier alpha value is -2.62. The van der Waals surface area contributed by atoms with Gasteiger partial charge in [-0.2, -0.15) is 0 Å². The molecule has 0 aliphatic rings. The average molecular weight is 311 g/mol. The Kier molecular flexibility index (Phi) is 5.92. The second-order valence-corrected chi connectivity index (χ2v) is 5.48. The predicted octanol–water partition coefficient (Wildman–Crippen LogP) is 2.85. The first-order chi connectivity index (χ1) is 11.1. The lowest BCUT2D eigenvalue weighted by atomic mass is 10.1. The number of rotatable bonds is 7. The molecule has 23 heavy (non-hydrogen) atoms. The van der Waals surface area contributed by atoms with Gasteiger partial charge in [-0.05, 0) is 49.1 Å². The number of carbonyl (C=O) groups is 2. The van der Waals surface area contributed by atoms with Crippen molar-refractivity contribution in [2.75, 3.05) is 13.2 Å². The molecular formula is C19H21NO3. The highest BCUT2D eigenvalue weighted by Crippen LogP contribution is 2.24. The number of ether oxygens (including phenoxy) is 1. The summed E-state index contributed by atoms with van der Waals surface area (Å²) in [5.74, 6) is 0.507. The van der Waals surface area contributed by atoms with E-state index >= 15 is 0 Å². The minimum absolute atomic E-state index is 0.0308. The van der Waals surface area contributed by atoms with Crippen LogP contribution >= 0.6 is 0 Å². The summed E-state index contributed by atoms with van der Waals surface area (Å²) in [6.45, 7) is 4.27. The van der Waals surface area contributed by atoms with E-state index < -0.39 is 0 Å². The number of carbonyl (C=O) groups excluding carboxylic acids is 2. The van der Waals surface area contributed by atoms with Gasteiger partial charge in [-0.25, -0.2) is 0 Å². The molecule has 0 spiro atoms. The number of aldehydes is 1. The van der Waals surface area contributed by atoms with Gasteiger partial charge < -0.3 is 10.1 Å². The largest absolute Gasteiger partial charge is 0.483 e. The van der Waals surface area contributed by atoms with Gasteiger partial charge in [0.1, 0.15) is 12.0 Å². The maximum Gasteiger partial charge on any atom is 0.257 e. The van der Waals surface area contributed by atoms with Gasteiger partial charge in [-0.3, -0.25) is 9.59 Å². The van der Waals surface area contributed by atoms with Crippen LogP contribution < -0.4 is 10.1 Å². The van der Waals surface area contributed by atoms with Gasteiger partial charge in [0.2, 0.25) is 0 Å². The standard InChI is InChI=1S/C19H21NO3/c1-14-10-17(12-21)11-15(2)19(14)23-13-18(22)20-9-8-16-6-4-3-5-7-16/h3-7,10-12H,8-9,13H2,1-2H3,(H,20,22). The molecule has 0 saturated carbocycles. The van der Waals surface area contributed by atoms with Crippen LogP contribution in [0.4, 0.5) is 0 Å². The Morgan fingerprint density at radius 3 is 2.39 bits per heavy atom. The third kappa shape index (κ3) is 4.95. The molecule has 0 saturated heterocycles. The van der Waals surface area contributed by atoms with Crippen LogP contribution in [0.3, 0.4) is 0 Å². The third-order valence-electron chi connectivity index (χ3n) is 3.55. The number of hydrogen-bond acceptors (Lipinski definition) is 3. The monoisotopic (exact) mass is 311 g/mol. The van der Waals surface area contributed by atoms with Crippen LogP contribution in [-0.2, 0) is 11.2 Å². The summed E-state index contributed by atoms with van der Waals surface area (Å²) < 4.78 is 5.60. The summed E-state index contributed by atoms with van der Waals surface area (Å²) in [4.78, 5) is 22.7. The second kappa shape index (κ2) is 8.13. The van der Waals surface area contributed by atoms with E-state index in [4.69, 9.17) is 4.74 Å². The smallest absolute Gasteiger partial charge is 0.257 e. The molecule has 1 N–H and O–H groups in total. The molecule has 0 aliphatic carbocycles. The van der Waals surface area contributed by atoms with Crippen LogP contribution in [0.2, 0.25) is 0 Å². The van der Waals surface area contributed by atoms with Crippen molar-refractivity contribution in [2.45, 2.75) is 20.3 Å². The zero-order valence-corrected chi connectivity index (χ0v) is 13.5. The lowest BCUT2D eigenvalue weighted by Crippen LogP contribution is -2.30. The normalized spacial score (nSPS) is 10.2. The molecule has 2 aromatic carbocycles. The molecule has 0 radical (unpaired) electrons. The Bertz CT molecular complexity index is 657. The first-order valence-electron chi connectivity index (χ1n) is 7.60. The summed E-state index contributed by atoms with van der Waals surface area (Å²) in [7, 11) is 0. The molecule has 2 rings (SSSR count). The fourth-order valence-corrected chi connectivity index (χ4v) is 2.46. The average Bonchev–Trinajstić information content (AvgIpc) is 2.54. The Morgan fingerprint density at radius 2 is 1.78 bits per heavy atom. The zero-order chi connectivity index (χ0) is 16.7. The van der Waals surface area contributed by atoms with Crippen LogP contribution in [0.15, 0.2) is 42.5 Å². The van der Waals surface area contributed by atoms with E-state index in [2.05, 4.69) is 5.32 Å². The molecule has 4 heteroatoms. The molecule has 2 aromatic rings. The van der Waals surface area contributed by atoms with E-state index in [0.29, 0.717) is 17.9 Å². The Morgan fingerprint density at radius 1 is 1.13 bits per heavy atom. The van der Waals surface area contributed by atoms with Gasteiger partial charge in [0, 0.05) is 12.1 Å². The third-order valence-corrected chi connectivity index (χ3v) is 3.55. The molecule has 0 atom stereocenters. The van der Waals surface area contributed by atoms with E-state index in [1.54, 1.807) is 12.1 Å². The number of nitrogens with one attached hydrogen (secondary N) is 1. The quantitative estimate of drug-likeness (QED) is 0.800. The van der Waals surface area contributed by atoms with Crippen LogP contribution in [0.25, 0.3) is 0 Å². The Labute approximate surface area is 136 Å². The van der Waals surface area contributed by atoms with Crippen LogP contribution in [0.5, 0.6) is 5.75 Å². The predicted molar refractivity (Wildman–Crippen MR) is 90.0 cm³/mol. The van der Waals surface area contributed by atoms with Crippen LogP contribution in [0, 0.1) is 13.8 Å². The van der Waals surface area contributed by atoms with Gasteiger partial charge in [-0.15, -0.1) is 0 Å². The van der Waals surface area contributed by atoms with Crippen molar-refractivity contribution in [1.82, 2.24) is 5.32 Å². The van der Waals surface area contributed by atoms with Crippen molar-refractivity contribution in [1.29, 1.82) is 0 Å². The molecule has 0 aliphatic heterocycles. The lowest BCUT2D eigenvalue weighted by Gasteiger charge is -2.13. The van der Waals surface area contributed by atoms with E-state index in [1.807, 2.05) is 44.2 Å². The molecule has 0 aromatic heterocycles. The second-order valence-electron chi connectivity index (χ2n) is 5.48. The summed E-state index contributed by atoms with van der Waals surface area (Å²) in [5, 5.41) is 2.84. The van der Waals surface area contributed by atoms with Crippen molar-refractivity contribution < 1.29 is 14.3 Å². The fourth-order valence-electron chi connectivity index (χ4n) is 2.46. The van der Waals surface area contributed by atoms with E-state index in [1.165, 1.54) is 5.56 Å². The van der Waals surface area contributed by atoms with Crippen molar-refractivity contribution in [3.8, 4) is 5.75 Å². The summed E-state index contributed by atoms with van der Waals surface area (Å²) in [5.41, 5.74) is 3.50. The van der Waals surface area contributed by atoms with Gasteiger partial charge in [0.15, 0.2) is 6.61 Å². The van der Waals surface area contributed by atoms with Gasteiger partial charge in [0.05, 0.1) is 0 Å². The fraction of sp³-hybridized carbons (Fsp3) is 0.263. The SMILES string of the molecule is Cc1cc(C=O)cc(C)c1OCC(=O)NCCc1ccccc1. The minimum Gasteiger partial charge on any atom is -0.483 e. The molecule has 1 amide bonds. The lowest BCUT2D eigenvalue weighted by molar-refractivity contribution is -0.123. The molecule has 120 valence electrons. The van der Waals surface area contributed by atoms with Crippen LogP contribution in [-0.4, -0.2) is 25.3 Å². The summed E-state index contributed by atoms with van der Waals surface area (Å²) >= 11 is 0. The van der Waals surface area contributed by atoms with Crippen molar-refractivity contribution in [3.05, 3.63) is 64.7 Å². The summed E-state index contributed by atoms with van der Waals surface area (Å²) in [6.07, 6.45) is 1.60. The number of hydrogen-bond donors (Lipinski definition) is 1. The van der Waals surface area contributed by atoms with Crippen LogP contribution in [0.1, 0.15) is 27.0 Å². The molecule has 0 unspecified atom stereocenters. The molecular weight excluding hydrogens is 290 g/mol. The first kappa shape index (κ1) is 16.7. The summed E-state index contributed by atoms with van der Waals surface area (Å²) in [6, 6.07) is 13.5. The van der Waals surface area contributed by atoms with E-state index in [-0.39, 0.29) is 12.5 Å². The Balaban J connectivity index is 1.81. The first-order valence-corrected chi connectivity index (χ1v) is 7.60. The highest BCUT2D eigenvalue weighted by atomic mass is 16.5. The number of amides is 1. The highest BCUT2D eigenvalue weighted by molar-refractivity contribution is 5.78. The van der Waals surface area contributed by atoms with Crippen molar-refractivity contribution >= 4 is 12.2 Å². The zero-order valence-electron chi connectivity index (χ0n) is 13.5. The van der Waals surface area contributed by atoms with Crippen molar-refractivity contribution in [3.63, 3.8) is 0 Å². The topological polar surface area (TPSA) is 55.4 Å². The molecule has 4 nitrogen and oxygen atoms in total. The van der Waals surface area contributed by atoms with Gasteiger partial charge >= 0.3 is 0 Å².